The summed E-state index contributed by atoms with van der Waals surface area (Å²) in [7, 11) is 0. The second kappa shape index (κ2) is 7.11. The molecule has 4 rings (SSSR count). The Morgan fingerprint density at radius 1 is 1.30 bits per heavy atom. The van der Waals surface area contributed by atoms with Gasteiger partial charge in [0.05, 0.1) is 17.1 Å². The summed E-state index contributed by atoms with van der Waals surface area (Å²) in [6, 6.07) is 1.37. The molecular weight excluding hydrogens is 373 g/mol. The average Bonchev–Trinajstić information content (AvgIpc) is 3.07. The summed E-state index contributed by atoms with van der Waals surface area (Å²) in [6.45, 7) is 0. The number of aromatic nitrogens is 4. The second-order valence-electron chi connectivity index (χ2n) is 6.62. The highest BCUT2D eigenvalue weighted by molar-refractivity contribution is 6.31. The fraction of sp³-hybridized carbons (Fsp3) is 0.333. The maximum absolute atomic E-state index is 14.3. The lowest BCUT2D eigenvalue weighted by Gasteiger charge is -2.29. The molecule has 1 aliphatic carbocycles. The molecule has 3 heterocycles. The van der Waals surface area contributed by atoms with Crippen molar-refractivity contribution in [3.8, 4) is 11.4 Å². The Kier molecular flexibility index (Phi) is 4.65. The van der Waals surface area contributed by atoms with Gasteiger partial charge in [-0.05, 0) is 18.9 Å². The molecule has 1 fully saturated rings. The molecule has 3 aromatic heterocycles. The number of H-pyrrole nitrogens is 1. The number of hydrogen-bond donors (Lipinski definition) is 3. The van der Waals surface area contributed by atoms with E-state index in [9.17, 15) is 14.3 Å². The van der Waals surface area contributed by atoms with E-state index in [1.165, 1.54) is 6.20 Å². The lowest BCUT2D eigenvalue weighted by atomic mass is 9.84. The van der Waals surface area contributed by atoms with Crippen LogP contribution in [0.15, 0.2) is 24.7 Å². The number of rotatable bonds is 4. The first-order valence-corrected chi connectivity index (χ1v) is 9.05. The molecule has 0 radical (unpaired) electrons. The molecular formula is C18H17ClFN5O2. The van der Waals surface area contributed by atoms with Gasteiger partial charge in [0.1, 0.15) is 5.65 Å². The number of carbonyl (C=O) groups is 1. The molecule has 0 spiro atoms. The minimum atomic E-state index is -0.876. The molecule has 3 aromatic rings. The number of carboxylic acid groups (broad SMARTS) is 1. The maximum Gasteiger partial charge on any atom is 0.308 e. The summed E-state index contributed by atoms with van der Waals surface area (Å²) in [5.41, 5.74) is 1.26. The monoisotopic (exact) mass is 389 g/mol. The number of aliphatic carboxylic acids is 1. The minimum absolute atomic E-state index is 0.00230. The van der Waals surface area contributed by atoms with Crippen LogP contribution in [0.1, 0.15) is 25.7 Å². The summed E-state index contributed by atoms with van der Waals surface area (Å²) in [5.74, 6) is -1.75. The third-order valence-electron chi connectivity index (χ3n) is 4.89. The highest BCUT2D eigenvalue weighted by atomic mass is 35.5. The van der Waals surface area contributed by atoms with E-state index < -0.39 is 17.7 Å². The molecule has 0 aromatic carbocycles. The van der Waals surface area contributed by atoms with Gasteiger partial charge in [-0.3, -0.25) is 4.79 Å². The van der Waals surface area contributed by atoms with Crippen molar-refractivity contribution in [2.45, 2.75) is 31.7 Å². The third-order valence-corrected chi connectivity index (χ3v) is 5.09. The smallest absolute Gasteiger partial charge is 0.308 e. The largest absolute Gasteiger partial charge is 0.481 e. The van der Waals surface area contributed by atoms with E-state index in [1.54, 1.807) is 12.3 Å². The molecule has 27 heavy (non-hydrogen) atoms. The second-order valence-corrected chi connectivity index (χ2v) is 7.06. The lowest BCUT2D eigenvalue weighted by molar-refractivity contribution is -0.143. The zero-order valence-corrected chi connectivity index (χ0v) is 15.0. The lowest BCUT2D eigenvalue weighted by Crippen LogP contribution is -2.37. The van der Waals surface area contributed by atoms with Crippen molar-refractivity contribution in [3.63, 3.8) is 0 Å². The maximum atomic E-state index is 14.3. The molecule has 0 aliphatic heterocycles. The van der Waals surface area contributed by atoms with Crippen molar-refractivity contribution in [2.24, 2.45) is 5.92 Å². The molecule has 0 bridgehead atoms. The zero-order valence-electron chi connectivity index (χ0n) is 14.2. The summed E-state index contributed by atoms with van der Waals surface area (Å²) in [6.07, 6.45) is 7.27. The number of pyridine rings is 1. The number of nitrogens with one attached hydrogen (secondary N) is 2. The van der Waals surface area contributed by atoms with Crippen LogP contribution in [0.5, 0.6) is 0 Å². The summed E-state index contributed by atoms with van der Waals surface area (Å²) >= 11 is 6.02. The quantitative estimate of drug-likeness (QED) is 0.625. The Hall–Kier alpha value is -2.74. The van der Waals surface area contributed by atoms with Crippen molar-refractivity contribution in [3.05, 3.63) is 35.5 Å². The number of carboxylic acids is 1. The van der Waals surface area contributed by atoms with Crippen molar-refractivity contribution < 1.29 is 14.3 Å². The van der Waals surface area contributed by atoms with Gasteiger partial charge in [-0.15, -0.1) is 0 Å². The molecule has 140 valence electrons. The predicted octanol–water partition coefficient (Wildman–Crippen LogP) is 3.87. The first kappa shape index (κ1) is 17.7. The number of anilines is 1. The zero-order chi connectivity index (χ0) is 19.0. The first-order valence-electron chi connectivity index (χ1n) is 8.68. The van der Waals surface area contributed by atoms with Gasteiger partial charge < -0.3 is 15.4 Å². The summed E-state index contributed by atoms with van der Waals surface area (Å²) in [4.78, 5) is 27.1. The molecule has 0 saturated heterocycles. The van der Waals surface area contributed by atoms with Gasteiger partial charge in [0.2, 0.25) is 0 Å². The fourth-order valence-electron chi connectivity index (χ4n) is 3.54. The normalized spacial score (nSPS) is 19.9. The van der Waals surface area contributed by atoms with Crippen molar-refractivity contribution in [1.82, 2.24) is 19.9 Å². The van der Waals surface area contributed by atoms with E-state index in [-0.39, 0.29) is 11.9 Å². The summed E-state index contributed by atoms with van der Waals surface area (Å²) in [5, 5.41) is 13.6. The van der Waals surface area contributed by atoms with E-state index in [4.69, 9.17) is 11.6 Å². The standard InChI is InChI=1S/C18H17ClFN5O2/c19-9-5-11-12(7-22-15(11)21-6-9)16-23-8-13(20)17(25-16)24-14-4-2-1-3-10(14)18(26)27/h5-8,10,14H,1-4H2,(H,21,22)(H,26,27)(H,23,24,25)/t10-,14+/m1/s1. The Morgan fingerprint density at radius 3 is 2.93 bits per heavy atom. The van der Waals surface area contributed by atoms with E-state index in [1.807, 2.05) is 0 Å². The van der Waals surface area contributed by atoms with Gasteiger partial charge in [0.15, 0.2) is 17.5 Å². The van der Waals surface area contributed by atoms with Gasteiger partial charge in [-0.1, -0.05) is 24.4 Å². The number of hydrogen-bond acceptors (Lipinski definition) is 5. The van der Waals surface area contributed by atoms with Crippen LogP contribution in [0.3, 0.4) is 0 Å². The molecule has 3 N–H and O–H groups in total. The Morgan fingerprint density at radius 2 is 2.11 bits per heavy atom. The van der Waals surface area contributed by atoms with Crippen LogP contribution in [-0.2, 0) is 4.79 Å². The van der Waals surface area contributed by atoms with Crippen LogP contribution in [0.2, 0.25) is 5.02 Å². The highest BCUT2D eigenvalue weighted by Crippen LogP contribution is 2.30. The average molecular weight is 390 g/mol. The first-order chi connectivity index (χ1) is 13.0. The Balaban J connectivity index is 1.69. The number of fused-ring (bicyclic) bond motifs is 1. The Labute approximate surface area is 159 Å². The van der Waals surface area contributed by atoms with Gasteiger partial charge in [0.25, 0.3) is 0 Å². The van der Waals surface area contributed by atoms with Crippen LogP contribution in [0.4, 0.5) is 10.2 Å². The van der Waals surface area contributed by atoms with E-state index in [0.29, 0.717) is 34.9 Å². The van der Waals surface area contributed by atoms with Crippen LogP contribution in [0, 0.1) is 11.7 Å². The summed E-state index contributed by atoms with van der Waals surface area (Å²) < 4.78 is 14.3. The number of nitrogens with zero attached hydrogens (tertiary/aromatic N) is 3. The molecule has 1 saturated carbocycles. The number of aromatic amines is 1. The topological polar surface area (TPSA) is 104 Å². The van der Waals surface area contributed by atoms with Gasteiger partial charge in [-0.25, -0.2) is 19.3 Å². The highest BCUT2D eigenvalue weighted by Gasteiger charge is 2.31. The van der Waals surface area contributed by atoms with Crippen molar-refractivity contribution >= 4 is 34.4 Å². The fourth-order valence-corrected chi connectivity index (χ4v) is 3.69. The van der Waals surface area contributed by atoms with Crippen LogP contribution >= 0.6 is 11.6 Å². The van der Waals surface area contributed by atoms with Crippen molar-refractivity contribution in [1.29, 1.82) is 0 Å². The van der Waals surface area contributed by atoms with Crippen LogP contribution < -0.4 is 5.32 Å². The Bertz CT molecular complexity index is 1010. The SMILES string of the molecule is O=C(O)[C@@H]1CCCC[C@@H]1Nc1nc(-c2c[nH]c3ncc(Cl)cc23)ncc1F. The minimum Gasteiger partial charge on any atom is -0.481 e. The number of halogens is 2. The van der Waals surface area contributed by atoms with Crippen LogP contribution in [0.25, 0.3) is 22.4 Å². The van der Waals surface area contributed by atoms with Gasteiger partial charge >= 0.3 is 5.97 Å². The molecule has 7 nitrogen and oxygen atoms in total. The van der Waals surface area contributed by atoms with E-state index >= 15 is 0 Å². The van der Waals surface area contributed by atoms with Crippen molar-refractivity contribution in [2.75, 3.05) is 5.32 Å². The van der Waals surface area contributed by atoms with Gasteiger partial charge in [-0.2, -0.15) is 0 Å². The molecule has 1 aliphatic rings. The van der Waals surface area contributed by atoms with Gasteiger partial charge in [0, 0.05) is 29.4 Å². The van der Waals surface area contributed by atoms with E-state index in [0.717, 1.165) is 24.4 Å². The predicted molar refractivity (Wildman–Crippen MR) is 99.1 cm³/mol. The molecule has 2 atom stereocenters. The molecule has 0 amide bonds. The third kappa shape index (κ3) is 3.44. The molecule has 9 heteroatoms. The van der Waals surface area contributed by atoms with E-state index in [2.05, 4.69) is 25.3 Å². The van der Waals surface area contributed by atoms with Crippen LogP contribution in [-0.4, -0.2) is 37.1 Å². The molecule has 0 unspecified atom stereocenters.